The van der Waals surface area contributed by atoms with Crippen LogP contribution in [-0.4, -0.2) is 28.4 Å². The second kappa shape index (κ2) is 7.56. The van der Waals surface area contributed by atoms with E-state index < -0.39 is 0 Å². The fourth-order valence-electron chi connectivity index (χ4n) is 3.70. The molecule has 1 aliphatic heterocycles. The zero-order chi connectivity index (χ0) is 13.9. The lowest BCUT2D eigenvalue weighted by molar-refractivity contribution is 0.0656. The molecule has 0 radical (unpaired) electrons. The van der Waals surface area contributed by atoms with Crippen molar-refractivity contribution in [2.75, 3.05) is 6.54 Å². The molecular weight excluding hydrogens is 306 g/mol. The van der Waals surface area contributed by atoms with Gasteiger partial charge in [0, 0.05) is 24.5 Å². The number of amides is 1. The third kappa shape index (κ3) is 3.58. The summed E-state index contributed by atoms with van der Waals surface area (Å²) in [6.07, 6.45) is 8.92. The van der Waals surface area contributed by atoms with Crippen molar-refractivity contribution < 1.29 is 4.79 Å². The quantitative estimate of drug-likeness (QED) is 0.926. The van der Waals surface area contributed by atoms with Crippen LogP contribution in [0.5, 0.6) is 0 Å². The molecule has 1 aliphatic carbocycles. The van der Waals surface area contributed by atoms with Gasteiger partial charge in [-0.1, -0.05) is 19.3 Å². The Balaban J connectivity index is 0.00000161. The van der Waals surface area contributed by atoms with Crippen molar-refractivity contribution in [1.82, 2.24) is 9.88 Å². The van der Waals surface area contributed by atoms with Gasteiger partial charge in [0.2, 0.25) is 0 Å². The average Bonchev–Trinajstić information content (AvgIpc) is 3.16. The van der Waals surface area contributed by atoms with Crippen LogP contribution in [0.15, 0.2) is 5.38 Å². The number of carbonyl (C=O) groups excluding carboxylic acids is 1. The standard InChI is InChI=1S/C15H23N3OS.ClH/c16-9-14-17-12(10-20-14)15(19)18-8-4-7-13(18)11-5-2-1-3-6-11;/h10-11,13H,1-9,16H2;1H. The number of thiazole rings is 1. The summed E-state index contributed by atoms with van der Waals surface area (Å²) in [5.74, 6) is 0.830. The molecule has 1 atom stereocenters. The lowest BCUT2D eigenvalue weighted by atomic mass is 9.83. The number of halogens is 1. The highest BCUT2D eigenvalue weighted by molar-refractivity contribution is 7.09. The highest BCUT2D eigenvalue weighted by Crippen LogP contribution is 2.35. The number of rotatable bonds is 3. The van der Waals surface area contributed by atoms with Gasteiger partial charge in [-0.05, 0) is 31.6 Å². The zero-order valence-corrected chi connectivity index (χ0v) is 13.9. The van der Waals surface area contributed by atoms with Crippen molar-refractivity contribution in [3.05, 3.63) is 16.1 Å². The molecule has 21 heavy (non-hydrogen) atoms. The zero-order valence-electron chi connectivity index (χ0n) is 12.3. The van der Waals surface area contributed by atoms with Crippen molar-refractivity contribution in [2.45, 2.75) is 57.5 Å². The van der Waals surface area contributed by atoms with E-state index in [9.17, 15) is 4.79 Å². The number of carbonyl (C=O) groups is 1. The molecule has 1 saturated carbocycles. The second-order valence-corrected chi connectivity index (χ2v) is 6.88. The average molecular weight is 330 g/mol. The fourth-order valence-corrected chi connectivity index (χ4v) is 4.35. The van der Waals surface area contributed by atoms with Gasteiger partial charge in [0.15, 0.2) is 0 Å². The number of aromatic nitrogens is 1. The predicted molar refractivity (Wildman–Crippen MR) is 87.9 cm³/mol. The van der Waals surface area contributed by atoms with Crippen molar-refractivity contribution in [3.8, 4) is 0 Å². The van der Waals surface area contributed by atoms with Gasteiger partial charge in [-0.3, -0.25) is 4.79 Å². The third-order valence-corrected chi connectivity index (χ3v) is 5.57. The summed E-state index contributed by atoms with van der Waals surface area (Å²) in [4.78, 5) is 19.1. The molecule has 4 nitrogen and oxygen atoms in total. The van der Waals surface area contributed by atoms with Gasteiger partial charge in [0.25, 0.3) is 5.91 Å². The molecule has 0 aromatic carbocycles. The minimum absolute atomic E-state index is 0. The summed E-state index contributed by atoms with van der Waals surface area (Å²) < 4.78 is 0. The Bertz CT molecular complexity index is 473. The number of nitrogens with two attached hydrogens (primary N) is 1. The van der Waals surface area contributed by atoms with Gasteiger partial charge in [0.1, 0.15) is 10.7 Å². The number of nitrogens with zero attached hydrogens (tertiary/aromatic N) is 2. The first kappa shape index (κ1) is 16.7. The normalized spacial score (nSPS) is 23.1. The van der Waals surface area contributed by atoms with E-state index in [0.717, 1.165) is 18.0 Å². The molecule has 2 aliphatic rings. The summed E-state index contributed by atoms with van der Waals surface area (Å²) in [5, 5.41) is 2.71. The Hall–Kier alpha value is -0.650. The van der Waals surface area contributed by atoms with Gasteiger partial charge >= 0.3 is 0 Å². The van der Waals surface area contributed by atoms with Crippen LogP contribution in [0.1, 0.15) is 60.4 Å². The molecule has 0 spiro atoms. The lowest BCUT2D eigenvalue weighted by Gasteiger charge is -2.33. The van der Waals surface area contributed by atoms with E-state index in [1.165, 1.54) is 49.9 Å². The van der Waals surface area contributed by atoms with Crippen molar-refractivity contribution in [2.24, 2.45) is 11.7 Å². The van der Waals surface area contributed by atoms with Crippen molar-refractivity contribution >= 4 is 29.7 Å². The minimum atomic E-state index is 0. The van der Waals surface area contributed by atoms with Crippen LogP contribution in [0.3, 0.4) is 0 Å². The monoisotopic (exact) mass is 329 g/mol. The first-order valence-corrected chi connectivity index (χ1v) is 8.63. The highest BCUT2D eigenvalue weighted by Gasteiger charge is 2.36. The molecule has 6 heteroatoms. The summed E-state index contributed by atoms with van der Waals surface area (Å²) >= 11 is 1.49. The molecular formula is C15H24ClN3OS. The number of likely N-dealkylation sites (tertiary alicyclic amines) is 1. The maximum Gasteiger partial charge on any atom is 0.273 e. The van der Waals surface area contributed by atoms with E-state index in [0.29, 0.717) is 24.2 Å². The molecule has 2 N–H and O–H groups in total. The molecule has 1 saturated heterocycles. The van der Waals surface area contributed by atoms with E-state index in [1.807, 2.05) is 5.38 Å². The Labute approximate surface area is 136 Å². The van der Waals surface area contributed by atoms with Crippen LogP contribution in [0.2, 0.25) is 0 Å². The number of hydrogen-bond donors (Lipinski definition) is 1. The molecule has 2 heterocycles. The lowest BCUT2D eigenvalue weighted by Crippen LogP contribution is -2.40. The maximum absolute atomic E-state index is 12.7. The van der Waals surface area contributed by atoms with Crippen LogP contribution in [-0.2, 0) is 6.54 Å². The van der Waals surface area contributed by atoms with E-state index in [4.69, 9.17) is 5.73 Å². The van der Waals surface area contributed by atoms with Gasteiger partial charge in [-0.25, -0.2) is 4.98 Å². The molecule has 2 fully saturated rings. The van der Waals surface area contributed by atoms with Gasteiger partial charge < -0.3 is 10.6 Å². The predicted octanol–water partition coefficient (Wildman–Crippen LogP) is 3.21. The molecule has 118 valence electrons. The second-order valence-electron chi connectivity index (χ2n) is 5.94. The summed E-state index contributed by atoms with van der Waals surface area (Å²) in [6, 6.07) is 0.450. The van der Waals surface area contributed by atoms with Crippen LogP contribution in [0, 0.1) is 5.92 Å². The van der Waals surface area contributed by atoms with Crippen molar-refractivity contribution in [3.63, 3.8) is 0 Å². The van der Waals surface area contributed by atoms with E-state index in [-0.39, 0.29) is 18.3 Å². The van der Waals surface area contributed by atoms with E-state index >= 15 is 0 Å². The Morgan fingerprint density at radius 3 is 2.71 bits per heavy atom. The van der Waals surface area contributed by atoms with Crippen LogP contribution in [0.4, 0.5) is 0 Å². The van der Waals surface area contributed by atoms with Gasteiger partial charge in [-0.15, -0.1) is 23.7 Å². The smallest absolute Gasteiger partial charge is 0.273 e. The topological polar surface area (TPSA) is 59.2 Å². The molecule has 1 aromatic rings. The fraction of sp³-hybridized carbons (Fsp3) is 0.733. The molecule has 0 bridgehead atoms. The first-order chi connectivity index (χ1) is 9.79. The van der Waals surface area contributed by atoms with Crippen LogP contribution >= 0.6 is 23.7 Å². The maximum atomic E-state index is 12.7. The van der Waals surface area contributed by atoms with Gasteiger partial charge in [-0.2, -0.15) is 0 Å². The van der Waals surface area contributed by atoms with Crippen LogP contribution < -0.4 is 5.73 Å². The minimum Gasteiger partial charge on any atom is -0.334 e. The van der Waals surface area contributed by atoms with Crippen molar-refractivity contribution in [1.29, 1.82) is 0 Å². The van der Waals surface area contributed by atoms with E-state index in [2.05, 4.69) is 9.88 Å². The molecule has 3 rings (SSSR count). The summed E-state index contributed by atoms with van der Waals surface area (Å²) in [6.45, 7) is 1.32. The third-order valence-electron chi connectivity index (χ3n) is 4.70. The Morgan fingerprint density at radius 1 is 1.29 bits per heavy atom. The van der Waals surface area contributed by atoms with Crippen LogP contribution in [0.25, 0.3) is 0 Å². The van der Waals surface area contributed by atoms with Gasteiger partial charge in [0.05, 0.1) is 0 Å². The summed E-state index contributed by atoms with van der Waals surface area (Å²) in [7, 11) is 0. The molecule has 1 unspecified atom stereocenters. The largest absolute Gasteiger partial charge is 0.334 e. The highest BCUT2D eigenvalue weighted by atomic mass is 35.5. The Kier molecular flexibility index (Phi) is 6.02. The molecule has 1 aromatic heterocycles. The van der Waals surface area contributed by atoms with E-state index in [1.54, 1.807) is 0 Å². The first-order valence-electron chi connectivity index (χ1n) is 7.75. The Morgan fingerprint density at radius 2 is 2.05 bits per heavy atom. The summed E-state index contributed by atoms with van der Waals surface area (Å²) in [5.41, 5.74) is 6.18. The molecule has 1 amide bonds. The SMILES string of the molecule is Cl.NCc1nc(C(=O)N2CCCC2C2CCCCC2)cs1. The number of hydrogen-bond acceptors (Lipinski definition) is 4.